The van der Waals surface area contributed by atoms with Crippen LogP contribution in [0.15, 0.2) is 23.8 Å². The first kappa shape index (κ1) is 23.8. The molecular weight excluding hydrogens is 422 g/mol. The molecule has 2 saturated carbocycles. The summed E-state index contributed by atoms with van der Waals surface area (Å²) in [6.07, 6.45) is 7.83. The molecule has 172 valence electrons. The molecule has 1 aliphatic heterocycles. The Hall–Kier alpha value is -1.84. The zero-order valence-electron chi connectivity index (χ0n) is 18.1. The topological polar surface area (TPSA) is 110 Å². The van der Waals surface area contributed by atoms with E-state index in [9.17, 15) is 18.6 Å². The summed E-state index contributed by atoms with van der Waals surface area (Å²) in [6.45, 7) is 8.88. The van der Waals surface area contributed by atoms with Gasteiger partial charge in [0.15, 0.2) is 0 Å². The summed E-state index contributed by atoms with van der Waals surface area (Å²) < 4.78 is 30.5. The summed E-state index contributed by atoms with van der Waals surface area (Å²) >= 11 is -2.29. The molecule has 8 nitrogen and oxygen atoms in total. The lowest BCUT2D eigenvalue weighted by molar-refractivity contribution is -0.136. The van der Waals surface area contributed by atoms with E-state index in [1.54, 1.807) is 6.08 Å². The van der Waals surface area contributed by atoms with Crippen molar-refractivity contribution in [3.63, 3.8) is 0 Å². The molecule has 2 amide bonds. The van der Waals surface area contributed by atoms with Crippen LogP contribution in [0.5, 0.6) is 0 Å². The molecular formula is C22H31NO7S. The molecule has 2 unspecified atom stereocenters. The van der Waals surface area contributed by atoms with Crippen molar-refractivity contribution >= 4 is 30.2 Å². The molecule has 0 aromatic carbocycles. The zero-order chi connectivity index (χ0) is 22.8. The van der Waals surface area contributed by atoms with Gasteiger partial charge in [0, 0.05) is 0 Å². The van der Waals surface area contributed by atoms with Crippen molar-refractivity contribution in [2.24, 2.45) is 22.7 Å². The maximum absolute atomic E-state index is 12.2. The highest BCUT2D eigenvalue weighted by Gasteiger charge is 2.54. The first-order chi connectivity index (χ1) is 14.7. The van der Waals surface area contributed by atoms with Gasteiger partial charge in [0.2, 0.25) is 12.8 Å². The number of allylic oxidation sites excluding steroid dienone is 2. The second-order valence-corrected chi connectivity index (χ2v) is 10.1. The smallest absolute Gasteiger partial charge is 0.336 e. The number of rotatable bonds is 8. The Morgan fingerprint density at radius 2 is 2.03 bits per heavy atom. The molecule has 9 heteroatoms. The number of hydrogen-bond donors (Lipinski definition) is 1. The fourth-order valence-electron chi connectivity index (χ4n) is 6.22. The van der Waals surface area contributed by atoms with Crippen molar-refractivity contribution in [2.75, 3.05) is 13.2 Å². The SMILES string of the molecule is C=C1CC[C@@H]2[C@](C)(COS(=O)O)CCC[C@@]2(C)[C@@H]1C/C=C1/C(=O)OCC1N(C=O)C=O. The molecule has 3 fully saturated rings. The molecule has 0 radical (unpaired) electrons. The van der Waals surface area contributed by atoms with E-state index in [0.29, 0.717) is 24.8 Å². The molecule has 3 rings (SSSR count). The van der Waals surface area contributed by atoms with Gasteiger partial charge >= 0.3 is 17.3 Å². The van der Waals surface area contributed by atoms with Gasteiger partial charge in [-0.1, -0.05) is 38.5 Å². The molecule has 3 aliphatic rings. The van der Waals surface area contributed by atoms with Gasteiger partial charge < -0.3 is 4.74 Å². The van der Waals surface area contributed by atoms with Crippen molar-refractivity contribution < 1.29 is 32.1 Å². The zero-order valence-corrected chi connectivity index (χ0v) is 18.9. The average molecular weight is 454 g/mol. The summed E-state index contributed by atoms with van der Waals surface area (Å²) in [5.41, 5.74) is 1.12. The molecule has 1 heterocycles. The van der Waals surface area contributed by atoms with E-state index in [4.69, 9.17) is 13.5 Å². The van der Waals surface area contributed by atoms with Crippen molar-refractivity contribution in [2.45, 2.75) is 58.4 Å². The molecule has 0 spiro atoms. The van der Waals surface area contributed by atoms with Crippen LogP contribution in [0.1, 0.15) is 52.4 Å². The van der Waals surface area contributed by atoms with E-state index in [-0.39, 0.29) is 35.9 Å². The number of amides is 2. The molecule has 0 aromatic rings. The van der Waals surface area contributed by atoms with Gasteiger partial charge in [-0.05, 0) is 54.8 Å². The molecule has 31 heavy (non-hydrogen) atoms. The fourth-order valence-corrected chi connectivity index (χ4v) is 6.59. The highest BCUT2D eigenvalue weighted by Crippen LogP contribution is 2.61. The lowest BCUT2D eigenvalue weighted by Crippen LogP contribution is -2.52. The predicted octanol–water partition coefficient (Wildman–Crippen LogP) is 2.78. The summed E-state index contributed by atoms with van der Waals surface area (Å²) in [7, 11) is 0. The Bertz CT molecular complexity index is 804. The summed E-state index contributed by atoms with van der Waals surface area (Å²) in [5.74, 6) is -0.124. The number of cyclic esters (lactones) is 1. The number of carbonyl (C=O) groups excluding carboxylic acids is 3. The van der Waals surface area contributed by atoms with E-state index in [0.717, 1.165) is 42.6 Å². The number of ether oxygens (including phenoxy) is 1. The molecule has 2 aliphatic carbocycles. The van der Waals surface area contributed by atoms with E-state index in [2.05, 4.69) is 20.4 Å². The summed E-state index contributed by atoms with van der Waals surface area (Å²) in [5, 5.41) is 0. The number of nitrogens with zero attached hydrogens (tertiary/aromatic N) is 1. The van der Waals surface area contributed by atoms with Crippen LogP contribution in [0, 0.1) is 22.7 Å². The van der Waals surface area contributed by atoms with E-state index in [1.807, 2.05) is 0 Å². The van der Waals surface area contributed by atoms with Crippen LogP contribution >= 0.6 is 0 Å². The van der Waals surface area contributed by atoms with Crippen LogP contribution < -0.4 is 0 Å². The number of carbonyl (C=O) groups is 3. The Morgan fingerprint density at radius 3 is 2.68 bits per heavy atom. The third-order valence-electron chi connectivity index (χ3n) is 7.78. The lowest BCUT2D eigenvalue weighted by atomic mass is 9.47. The molecule has 1 N–H and O–H groups in total. The first-order valence-electron chi connectivity index (χ1n) is 10.6. The van der Waals surface area contributed by atoms with Crippen LogP contribution in [-0.2, 0) is 34.7 Å². The monoisotopic (exact) mass is 453 g/mol. The molecule has 1 saturated heterocycles. The molecule has 6 atom stereocenters. The predicted molar refractivity (Wildman–Crippen MR) is 114 cm³/mol. The lowest BCUT2D eigenvalue weighted by Gasteiger charge is -2.58. The number of fused-ring (bicyclic) bond motifs is 1. The van der Waals surface area contributed by atoms with Crippen LogP contribution in [0.25, 0.3) is 0 Å². The Morgan fingerprint density at radius 1 is 1.32 bits per heavy atom. The third-order valence-corrected chi connectivity index (χ3v) is 8.10. The van der Waals surface area contributed by atoms with E-state index in [1.165, 1.54) is 0 Å². The molecule has 0 aromatic heterocycles. The quantitative estimate of drug-likeness (QED) is 0.198. The second-order valence-electron chi connectivity index (χ2n) is 9.46. The van der Waals surface area contributed by atoms with Gasteiger partial charge in [0.25, 0.3) is 0 Å². The Balaban J connectivity index is 1.86. The minimum Gasteiger partial charge on any atom is -0.460 e. The summed E-state index contributed by atoms with van der Waals surface area (Å²) in [4.78, 5) is 35.5. The number of esters is 1. The highest BCUT2D eigenvalue weighted by molar-refractivity contribution is 7.74. The maximum atomic E-state index is 12.2. The van der Waals surface area contributed by atoms with Crippen molar-refractivity contribution in [3.05, 3.63) is 23.8 Å². The van der Waals surface area contributed by atoms with Crippen LogP contribution in [-0.4, -0.2) is 51.7 Å². The minimum atomic E-state index is -2.29. The second kappa shape index (κ2) is 9.34. The van der Waals surface area contributed by atoms with Gasteiger partial charge in [-0.3, -0.25) is 23.2 Å². The van der Waals surface area contributed by atoms with E-state index < -0.39 is 23.4 Å². The van der Waals surface area contributed by atoms with Crippen LogP contribution in [0.4, 0.5) is 0 Å². The van der Waals surface area contributed by atoms with Crippen molar-refractivity contribution in [1.82, 2.24) is 4.90 Å². The van der Waals surface area contributed by atoms with Crippen molar-refractivity contribution in [3.8, 4) is 0 Å². The Kier molecular flexibility index (Phi) is 7.18. The third kappa shape index (κ3) is 4.54. The van der Waals surface area contributed by atoms with Gasteiger partial charge in [-0.15, -0.1) is 0 Å². The minimum absolute atomic E-state index is 0.0264. The average Bonchev–Trinajstić information content (AvgIpc) is 3.07. The maximum Gasteiger partial charge on any atom is 0.336 e. The van der Waals surface area contributed by atoms with Crippen LogP contribution in [0.3, 0.4) is 0 Å². The number of imide groups is 1. The largest absolute Gasteiger partial charge is 0.460 e. The van der Waals surface area contributed by atoms with Gasteiger partial charge in [0.05, 0.1) is 12.2 Å². The highest BCUT2D eigenvalue weighted by atomic mass is 32.2. The van der Waals surface area contributed by atoms with Gasteiger partial charge in [-0.2, -0.15) is 4.21 Å². The Labute approximate surface area is 185 Å². The van der Waals surface area contributed by atoms with E-state index >= 15 is 0 Å². The standard InChI is InChI=1S/C22H31NO7S/c1-15-5-8-19-21(2,12-30-31(27)28)9-4-10-22(19,3)17(15)7-6-16-18(11-29-20(16)26)23(13-24)14-25/h6,13-14,17-19H,1,4-5,7-12H2,2-3H3,(H,27,28)/b16-6+/t17-,18?,19-,21+,22+/m1/s1. The molecule has 0 bridgehead atoms. The van der Waals surface area contributed by atoms with Gasteiger partial charge in [0.1, 0.15) is 12.6 Å². The fraction of sp³-hybridized carbons (Fsp3) is 0.682. The number of hydrogen-bond acceptors (Lipinski definition) is 6. The van der Waals surface area contributed by atoms with Crippen molar-refractivity contribution in [1.29, 1.82) is 0 Å². The normalized spacial score (nSPS) is 37.8. The van der Waals surface area contributed by atoms with Gasteiger partial charge in [-0.25, -0.2) is 4.79 Å². The first-order valence-corrected chi connectivity index (χ1v) is 11.7. The van der Waals surface area contributed by atoms with Crippen LogP contribution in [0.2, 0.25) is 0 Å². The summed E-state index contributed by atoms with van der Waals surface area (Å²) in [6, 6.07) is -0.701.